The first kappa shape index (κ1) is 25.7. The summed E-state index contributed by atoms with van der Waals surface area (Å²) in [7, 11) is 9.57. The Bertz CT molecular complexity index is 1140. The van der Waals surface area contributed by atoms with Crippen LogP contribution in [0.3, 0.4) is 0 Å². The Balaban J connectivity index is 2.48. The quantitative estimate of drug-likeness (QED) is 0.406. The molecule has 0 bridgehead atoms. The minimum atomic E-state index is -1.47. The normalized spacial score (nSPS) is 18.7. The van der Waals surface area contributed by atoms with Crippen LogP contribution < -0.4 is 23.7 Å². The molecule has 2 aromatic carbocycles. The van der Waals surface area contributed by atoms with Gasteiger partial charge in [0.1, 0.15) is 5.92 Å². The highest BCUT2D eigenvalue weighted by atomic mass is 16.5. The van der Waals surface area contributed by atoms with E-state index in [-0.39, 0.29) is 22.8 Å². The van der Waals surface area contributed by atoms with Gasteiger partial charge in [-0.05, 0) is 23.8 Å². The van der Waals surface area contributed by atoms with Crippen LogP contribution in [0.15, 0.2) is 24.3 Å². The van der Waals surface area contributed by atoms with Gasteiger partial charge in [0.05, 0.1) is 55.7 Å². The summed E-state index contributed by atoms with van der Waals surface area (Å²) in [4.78, 5) is 39.7. The van der Waals surface area contributed by atoms with Crippen molar-refractivity contribution in [3.8, 4) is 28.7 Å². The number of hydrogen-bond acceptors (Lipinski definition) is 10. The zero-order valence-electron chi connectivity index (χ0n) is 20.6. The molecule has 1 aliphatic carbocycles. The van der Waals surface area contributed by atoms with Gasteiger partial charge in [-0.2, -0.15) is 0 Å². The smallest absolute Gasteiger partial charge is 0.317 e. The van der Waals surface area contributed by atoms with Crippen LogP contribution in [-0.2, 0) is 19.1 Å². The zero-order chi connectivity index (χ0) is 25.9. The van der Waals surface area contributed by atoms with Gasteiger partial charge in [0.15, 0.2) is 28.8 Å². The number of carbonyl (C=O) groups is 3. The number of hydrogen-bond donors (Lipinski definition) is 0. The van der Waals surface area contributed by atoms with Crippen molar-refractivity contribution in [1.82, 2.24) is 0 Å². The number of Topliss-reactive ketones (excluding diaryl/α,β-unsaturated/α-hetero) is 1. The summed E-state index contributed by atoms with van der Waals surface area (Å²) in [5.41, 5.74) is 1.03. The minimum Gasteiger partial charge on any atom is -0.493 e. The van der Waals surface area contributed by atoms with Gasteiger partial charge in [-0.15, -0.1) is 0 Å². The molecule has 0 spiro atoms. The molecule has 1 aliphatic rings. The first-order valence-corrected chi connectivity index (χ1v) is 10.6. The van der Waals surface area contributed by atoms with E-state index in [1.807, 2.05) is 0 Å². The lowest BCUT2D eigenvalue weighted by molar-refractivity contribution is -0.156. The molecular formula is C25H28O10. The second-order valence-corrected chi connectivity index (χ2v) is 7.61. The fourth-order valence-corrected chi connectivity index (χ4v) is 4.60. The SMILES string of the molecule is COC(=O)[C@@H]1C(=O)c2cc(OC)c(OC)c(OC)c2[C@H](c2ccc(OC)c(OC)c2)[C@H]1C(=O)OC. The van der Waals surface area contributed by atoms with Crippen LogP contribution >= 0.6 is 0 Å². The van der Waals surface area contributed by atoms with E-state index >= 15 is 0 Å². The Morgan fingerprint density at radius 3 is 1.80 bits per heavy atom. The summed E-state index contributed by atoms with van der Waals surface area (Å²) in [6.45, 7) is 0. The van der Waals surface area contributed by atoms with E-state index in [9.17, 15) is 14.4 Å². The van der Waals surface area contributed by atoms with E-state index in [0.717, 1.165) is 7.11 Å². The maximum atomic E-state index is 13.7. The molecule has 0 aliphatic heterocycles. The van der Waals surface area contributed by atoms with Crippen molar-refractivity contribution in [2.75, 3.05) is 49.8 Å². The average Bonchev–Trinajstić information content (AvgIpc) is 2.90. The molecule has 0 N–H and O–H groups in total. The van der Waals surface area contributed by atoms with Gasteiger partial charge in [-0.3, -0.25) is 14.4 Å². The van der Waals surface area contributed by atoms with Gasteiger partial charge < -0.3 is 33.2 Å². The zero-order valence-corrected chi connectivity index (χ0v) is 20.6. The molecule has 10 nitrogen and oxygen atoms in total. The number of benzene rings is 2. The van der Waals surface area contributed by atoms with Crippen LogP contribution in [0.25, 0.3) is 0 Å². The second kappa shape index (κ2) is 10.5. The Morgan fingerprint density at radius 2 is 1.29 bits per heavy atom. The molecule has 0 amide bonds. The number of ketones is 1. The molecule has 0 unspecified atom stereocenters. The monoisotopic (exact) mass is 488 g/mol. The first-order valence-electron chi connectivity index (χ1n) is 10.6. The molecular weight excluding hydrogens is 460 g/mol. The van der Waals surface area contributed by atoms with Crippen LogP contribution in [0.4, 0.5) is 0 Å². The van der Waals surface area contributed by atoms with Crippen molar-refractivity contribution < 1.29 is 47.5 Å². The van der Waals surface area contributed by atoms with Gasteiger partial charge >= 0.3 is 11.9 Å². The molecule has 10 heteroatoms. The molecule has 0 fully saturated rings. The lowest BCUT2D eigenvalue weighted by Crippen LogP contribution is -2.45. The van der Waals surface area contributed by atoms with E-state index in [1.165, 1.54) is 48.7 Å². The molecule has 188 valence electrons. The molecule has 3 atom stereocenters. The molecule has 3 rings (SSSR count). The van der Waals surface area contributed by atoms with Gasteiger partial charge in [0, 0.05) is 17.0 Å². The summed E-state index contributed by atoms with van der Waals surface area (Å²) in [6.07, 6.45) is 0. The molecule has 0 saturated heterocycles. The summed E-state index contributed by atoms with van der Waals surface area (Å²) >= 11 is 0. The Kier molecular flexibility index (Phi) is 7.73. The lowest BCUT2D eigenvalue weighted by atomic mass is 9.65. The number of carbonyl (C=O) groups excluding carboxylic acids is 3. The van der Waals surface area contributed by atoms with Crippen molar-refractivity contribution in [2.24, 2.45) is 11.8 Å². The first-order chi connectivity index (χ1) is 16.8. The standard InChI is InChI=1S/C25H28O10/c1-29-14-9-8-12(10-15(14)30-2)17-18-13(11-16(31-3)22(32-4)23(18)33-5)21(26)20(25(28)35-7)19(17)24(27)34-6/h8-11,17,19-20H,1-7H3/t17-,19+,20-/m0/s1. The fraction of sp³-hybridized carbons (Fsp3) is 0.400. The molecule has 0 aromatic heterocycles. The van der Waals surface area contributed by atoms with Crippen molar-refractivity contribution in [2.45, 2.75) is 5.92 Å². The average molecular weight is 488 g/mol. The summed E-state index contributed by atoms with van der Waals surface area (Å²) in [5.74, 6) is -4.39. The van der Waals surface area contributed by atoms with Crippen LogP contribution in [0.5, 0.6) is 28.7 Å². The van der Waals surface area contributed by atoms with Gasteiger partial charge in [-0.1, -0.05) is 6.07 Å². The number of methoxy groups -OCH3 is 7. The molecule has 0 heterocycles. The third kappa shape index (κ3) is 4.20. The minimum absolute atomic E-state index is 0.134. The van der Waals surface area contributed by atoms with Crippen molar-refractivity contribution >= 4 is 17.7 Å². The molecule has 0 saturated carbocycles. The summed E-state index contributed by atoms with van der Waals surface area (Å²) in [5, 5.41) is 0. The van der Waals surface area contributed by atoms with E-state index in [1.54, 1.807) is 18.2 Å². The second-order valence-electron chi connectivity index (χ2n) is 7.61. The molecule has 2 aromatic rings. The van der Waals surface area contributed by atoms with Gasteiger partial charge in [0.25, 0.3) is 0 Å². The maximum absolute atomic E-state index is 13.7. The number of rotatable bonds is 8. The topological polar surface area (TPSA) is 116 Å². The fourth-order valence-electron chi connectivity index (χ4n) is 4.60. The predicted molar refractivity (Wildman–Crippen MR) is 123 cm³/mol. The number of fused-ring (bicyclic) bond motifs is 1. The van der Waals surface area contributed by atoms with Crippen molar-refractivity contribution in [3.05, 3.63) is 41.0 Å². The largest absolute Gasteiger partial charge is 0.493 e. The van der Waals surface area contributed by atoms with Gasteiger partial charge in [0.2, 0.25) is 5.75 Å². The van der Waals surface area contributed by atoms with Crippen molar-refractivity contribution in [3.63, 3.8) is 0 Å². The molecule has 0 radical (unpaired) electrons. The predicted octanol–water partition coefficient (Wildman–Crippen LogP) is 2.64. The Hall–Kier alpha value is -3.95. The number of esters is 2. The Labute approximate surface area is 203 Å². The third-order valence-electron chi connectivity index (χ3n) is 6.14. The van der Waals surface area contributed by atoms with E-state index in [2.05, 4.69) is 0 Å². The van der Waals surface area contributed by atoms with E-state index < -0.39 is 35.5 Å². The maximum Gasteiger partial charge on any atom is 0.317 e. The number of ether oxygens (including phenoxy) is 7. The van der Waals surface area contributed by atoms with Crippen molar-refractivity contribution in [1.29, 1.82) is 0 Å². The van der Waals surface area contributed by atoms with Crippen LogP contribution in [0.2, 0.25) is 0 Å². The lowest BCUT2D eigenvalue weighted by Gasteiger charge is -2.37. The summed E-state index contributed by atoms with van der Waals surface area (Å²) in [6, 6.07) is 6.52. The third-order valence-corrected chi connectivity index (χ3v) is 6.14. The van der Waals surface area contributed by atoms with Crippen LogP contribution in [0, 0.1) is 11.8 Å². The highest BCUT2D eigenvalue weighted by Gasteiger charge is 2.53. The molecule has 35 heavy (non-hydrogen) atoms. The highest BCUT2D eigenvalue weighted by Crippen LogP contribution is 2.54. The highest BCUT2D eigenvalue weighted by molar-refractivity contribution is 6.14. The summed E-state index contributed by atoms with van der Waals surface area (Å²) < 4.78 is 37.4. The van der Waals surface area contributed by atoms with Crippen LogP contribution in [0.1, 0.15) is 27.4 Å². The van der Waals surface area contributed by atoms with Crippen LogP contribution in [-0.4, -0.2) is 67.5 Å². The van der Waals surface area contributed by atoms with Gasteiger partial charge in [-0.25, -0.2) is 0 Å². The van der Waals surface area contributed by atoms with E-state index in [0.29, 0.717) is 22.6 Å². The Morgan fingerprint density at radius 1 is 0.686 bits per heavy atom. The van der Waals surface area contributed by atoms with E-state index in [4.69, 9.17) is 33.2 Å².